The molecule has 4 aromatic rings. The third kappa shape index (κ3) is 22.3. The summed E-state index contributed by atoms with van der Waals surface area (Å²) in [6.45, 7) is 5.68. The molecular formula is C60H90O6S. The van der Waals surface area contributed by atoms with Crippen LogP contribution in [0.4, 0.5) is 0 Å². The highest BCUT2D eigenvalue weighted by molar-refractivity contribution is 7.91. The molecule has 0 atom stereocenters. The molecule has 67 heavy (non-hydrogen) atoms. The quantitative estimate of drug-likeness (QED) is 0.0432. The standard InChI is InChI=1S/C60H90O6S/c1-3-5-7-9-11-13-15-17-19-21-23-25-27-29-31-33-47-65-55-43-45-59(57(49-55)51-35-39-53(61)40-36-51)67(63,64)60-46-44-56(50-58(60)52-37-41-54(62)42-38-52)66-48-34-32-30-28-26-24-22-20-18-16-14-12-10-8-6-4-2/h35-46,49-50,61-62H,3-34,47-48H2,1-2H3. The molecule has 0 heterocycles. The van der Waals surface area contributed by atoms with E-state index in [0.717, 1.165) is 25.7 Å². The topological polar surface area (TPSA) is 93.1 Å². The van der Waals surface area contributed by atoms with Crippen LogP contribution in [0.3, 0.4) is 0 Å². The Morgan fingerprint density at radius 1 is 0.343 bits per heavy atom. The molecule has 0 aliphatic carbocycles. The molecule has 4 aromatic carbocycles. The molecule has 0 amide bonds. The first-order valence-corrected chi connectivity index (χ1v) is 28.7. The molecule has 7 heteroatoms. The summed E-state index contributed by atoms with van der Waals surface area (Å²) < 4.78 is 42.2. The van der Waals surface area contributed by atoms with Crippen molar-refractivity contribution in [2.45, 2.75) is 229 Å². The predicted octanol–water partition coefficient (Wildman–Crippen LogP) is 18.5. The van der Waals surface area contributed by atoms with E-state index >= 15 is 0 Å². The van der Waals surface area contributed by atoms with Gasteiger partial charge < -0.3 is 19.7 Å². The molecule has 0 aromatic heterocycles. The van der Waals surface area contributed by atoms with Gasteiger partial charge in [0.05, 0.1) is 23.0 Å². The first-order chi connectivity index (χ1) is 32.8. The monoisotopic (exact) mass is 939 g/mol. The van der Waals surface area contributed by atoms with Crippen molar-refractivity contribution >= 4 is 9.84 Å². The van der Waals surface area contributed by atoms with Crippen LogP contribution < -0.4 is 9.47 Å². The van der Waals surface area contributed by atoms with Crippen LogP contribution in [0.15, 0.2) is 94.7 Å². The Labute approximate surface area is 408 Å². The van der Waals surface area contributed by atoms with Gasteiger partial charge in [-0.25, -0.2) is 8.42 Å². The van der Waals surface area contributed by atoms with Gasteiger partial charge in [0.25, 0.3) is 0 Å². The van der Waals surface area contributed by atoms with E-state index < -0.39 is 9.84 Å². The molecule has 0 saturated heterocycles. The highest BCUT2D eigenvalue weighted by Crippen LogP contribution is 2.40. The van der Waals surface area contributed by atoms with Crippen molar-refractivity contribution in [2.24, 2.45) is 0 Å². The van der Waals surface area contributed by atoms with Crippen LogP contribution in [0, 0.1) is 0 Å². The van der Waals surface area contributed by atoms with E-state index in [9.17, 15) is 18.6 Å². The Morgan fingerprint density at radius 2 is 0.597 bits per heavy atom. The summed E-state index contributed by atoms with van der Waals surface area (Å²) in [6, 6.07) is 23.6. The van der Waals surface area contributed by atoms with Crippen LogP contribution in [-0.2, 0) is 9.84 Å². The van der Waals surface area contributed by atoms with Crippen molar-refractivity contribution in [3.63, 3.8) is 0 Å². The molecule has 6 nitrogen and oxygen atoms in total. The number of benzene rings is 4. The van der Waals surface area contributed by atoms with Gasteiger partial charge in [-0.15, -0.1) is 0 Å². The van der Waals surface area contributed by atoms with Gasteiger partial charge in [-0.1, -0.05) is 231 Å². The molecule has 0 bridgehead atoms. The first kappa shape index (κ1) is 55.6. The fourth-order valence-corrected chi connectivity index (χ4v) is 10.9. The molecule has 0 radical (unpaired) electrons. The minimum Gasteiger partial charge on any atom is -0.508 e. The van der Waals surface area contributed by atoms with Gasteiger partial charge in [-0.05, 0) is 84.6 Å². The second-order valence-electron chi connectivity index (χ2n) is 19.2. The van der Waals surface area contributed by atoms with Crippen molar-refractivity contribution < 1.29 is 28.1 Å². The molecule has 2 N–H and O–H groups in total. The third-order valence-corrected chi connectivity index (χ3v) is 15.2. The minimum atomic E-state index is -4.09. The van der Waals surface area contributed by atoms with Crippen molar-refractivity contribution in [3.8, 4) is 45.3 Å². The average molecular weight is 939 g/mol. The Hall–Kier alpha value is -3.97. The van der Waals surface area contributed by atoms with Crippen LogP contribution in [0.2, 0.25) is 0 Å². The van der Waals surface area contributed by atoms with Gasteiger partial charge in [0, 0.05) is 11.1 Å². The van der Waals surface area contributed by atoms with Gasteiger partial charge in [-0.3, -0.25) is 0 Å². The van der Waals surface area contributed by atoms with Crippen molar-refractivity contribution in [1.29, 1.82) is 0 Å². The number of phenols is 2. The lowest BCUT2D eigenvalue weighted by Gasteiger charge is -2.17. The fourth-order valence-electron chi connectivity index (χ4n) is 9.20. The molecule has 0 unspecified atom stereocenters. The summed E-state index contributed by atoms with van der Waals surface area (Å²) in [4.78, 5) is 0.296. The van der Waals surface area contributed by atoms with Gasteiger partial charge >= 0.3 is 0 Å². The zero-order chi connectivity index (χ0) is 47.6. The second kappa shape index (κ2) is 34.3. The van der Waals surface area contributed by atoms with Gasteiger partial charge in [0.1, 0.15) is 23.0 Å². The highest BCUT2D eigenvalue weighted by atomic mass is 32.2. The molecule has 4 rings (SSSR count). The third-order valence-electron chi connectivity index (χ3n) is 13.4. The molecule has 372 valence electrons. The van der Waals surface area contributed by atoms with Crippen LogP contribution in [0.1, 0.15) is 219 Å². The number of hydrogen-bond acceptors (Lipinski definition) is 6. The van der Waals surface area contributed by atoms with Crippen molar-refractivity contribution in [2.75, 3.05) is 13.2 Å². The maximum absolute atomic E-state index is 14.9. The smallest absolute Gasteiger partial charge is 0.207 e. The summed E-state index contributed by atoms with van der Waals surface area (Å²) in [5.41, 5.74) is 2.33. The number of unbranched alkanes of at least 4 members (excludes halogenated alkanes) is 30. The van der Waals surface area contributed by atoms with E-state index in [1.54, 1.807) is 72.8 Å². The number of sulfone groups is 1. The lowest BCUT2D eigenvalue weighted by molar-refractivity contribution is 0.304. The van der Waals surface area contributed by atoms with Crippen LogP contribution >= 0.6 is 0 Å². The number of rotatable bonds is 40. The lowest BCUT2D eigenvalue weighted by atomic mass is 10.0. The number of phenolic OH excluding ortho intramolecular Hbond substituents is 2. The Bertz CT molecular complexity index is 1840. The van der Waals surface area contributed by atoms with Crippen LogP contribution in [0.25, 0.3) is 22.3 Å². The van der Waals surface area contributed by atoms with E-state index in [-0.39, 0.29) is 21.3 Å². The molecule has 0 aliphatic heterocycles. The molecule has 0 saturated carbocycles. The van der Waals surface area contributed by atoms with Gasteiger partial charge in [0.2, 0.25) is 9.84 Å². The molecular weight excluding hydrogens is 849 g/mol. The van der Waals surface area contributed by atoms with Gasteiger partial charge in [-0.2, -0.15) is 0 Å². The number of aromatic hydroxyl groups is 2. The number of hydrogen-bond donors (Lipinski definition) is 2. The zero-order valence-electron chi connectivity index (χ0n) is 42.1. The lowest BCUT2D eigenvalue weighted by Crippen LogP contribution is -2.07. The fraction of sp³-hybridized carbons (Fsp3) is 0.600. The Balaban J connectivity index is 1.27. The SMILES string of the molecule is CCCCCCCCCCCCCCCCCCOc1ccc(S(=O)(=O)c2ccc(OCCCCCCCCCCCCCCCCCC)cc2-c2ccc(O)cc2)c(-c2ccc(O)cc2)c1. The van der Waals surface area contributed by atoms with E-state index in [4.69, 9.17) is 9.47 Å². The minimum absolute atomic E-state index is 0.105. The van der Waals surface area contributed by atoms with Crippen LogP contribution in [-0.4, -0.2) is 31.8 Å². The van der Waals surface area contributed by atoms with Crippen LogP contribution in [0.5, 0.6) is 23.0 Å². The highest BCUT2D eigenvalue weighted by Gasteiger charge is 2.27. The Morgan fingerprint density at radius 3 is 0.866 bits per heavy atom. The normalized spacial score (nSPS) is 11.6. The zero-order valence-corrected chi connectivity index (χ0v) is 42.9. The number of ether oxygens (including phenoxy) is 2. The summed E-state index contributed by atoms with van der Waals surface area (Å²) in [6.07, 6.45) is 41.9. The van der Waals surface area contributed by atoms with Crippen molar-refractivity contribution in [3.05, 3.63) is 84.9 Å². The predicted molar refractivity (Wildman–Crippen MR) is 283 cm³/mol. The summed E-state index contributed by atoms with van der Waals surface area (Å²) in [7, 11) is -4.09. The van der Waals surface area contributed by atoms with E-state index in [1.807, 2.05) is 12.1 Å². The summed E-state index contributed by atoms with van der Waals surface area (Å²) in [5, 5.41) is 20.2. The van der Waals surface area contributed by atoms with E-state index in [1.165, 1.54) is 180 Å². The summed E-state index contributed by atoms with van der Waals surface area (Å²) >= 11 is 0. The molecule has 0 spiro atoms. The average Bonchev–Trinajstić information content (AvgIpc) is 3.33. The Kier molecular flexibility index (Phi) is 28.5. The molecule has 0 fully saturated rings. The maximum Gasteiger partial charge on any atom is 0.207 e. The van der Waals surface area contributed by atoms with E-state index in [2.05, 4.69) is 13.8 Å². The summed E-state index contributed by atoms with van der Waals surface area (Å²) in [5.74, 6) is 1.43. The second-order valence-corrected chi connectivity index (χ2v) is 21.1. The maximum atomic E-state index is 14.9. The first-order valence-electron chi connectivity index (χ1n) is 27.2. The van der Waals surface area contributed by atoms with Gasteiger partial charge in [0.15, 0.2) is 0 Å². The van der Waals surface area contributed by atoms with Crippen molar-refractivity contribution in [1.82, 2.24) is 0 Å². The largest absolute Gasteiger partial charge is 0.508 e. The molecule has 0 aliphatic rings. The van der Waals surface area contributed by atoms with E-state index in [0.29, 0.717) is 47.0 Å².